The maximum Gasteiger partial charge on any atom is 0.339 e. The van der Waals surface area contributed by atoms with E-state index in [1.807, 2.05) is 18.2 Å². The molecule has 1 aromatic carbocycles. The third-order valence-electron chi connectivity index (χ3n) is 3.22. The number of ether oxygens (including phenoxy) is 1. The summed E-state index contributed by atoms with van der Waals surface area (Å²) in [6.45, 7) is 0. The third kappa shape index (κ3) is 1.06. The van der Waals surface area contributed by atoms with Gasteiger partial charge in [0.25, 0.3) is 0 Å². The molecule has 3 heteroatoms. The first-order valence-electron chi connectivity index (χ1n) is 5.06. The fraction of sp³-hybridized carbons (Fsp3) is 0.333. The van der Waals surface area contributed by atoms with Crippen LogP contribution in [0.25, 0.3) is 0 Å². The molecule has 1 fully saturated rings. The Bertz CT molecular complexity index is 464. The van der Waals surface area contributed by atoms with E-state index in [0.29, 0.717) is 24.8 Å². The molecule has 1 aromatic rings. The molecule has 1 heterocycles. The van der Waals surface area contributed by atoms with Gasteiger partial charge in [-0.3, -0.25) is 4.79 Å². The van der Waals surface area contributed by atoms with Gasteiger partial charge in [0.15, 0.2) is 0 Å². The van der Waals surface area contributed by atoms with Crippen LogP contribution in [0.15, 0.2) is 24.3 Å². The summed E-state index contributed by atoms with van der Waals surface area (Å²) in [6.07, 6.45) is 1.49. The number of carbonyl (C=O) groups is 2. The molecule has 1 atom stereocenters. The molecule has 0 amide bonds. The first kappa shape index (κ1) is 8.65. The van der Waals surface area contributed by atoms with E-state index in [1.165, 1.54) is 0 Å². The Morgan fingerprint density at radius 2 is 2.00 bits per heavy atom. The highest BCUT2D eigenvalue weighted by Crippen LogP contribution is 2.46. The van der Waals surface area contributed by atoms with Crippen LogP contribution in [0.5, 0.6) is 0 Å². The minimum Gasteiger partial charge on any atom is -0.450 e. The van der Waals surface area contributed by atoms with Crippen molar-refractivity contribution in [2.45, 2.75) is 24.9 Å². The summed E-state index contributed by atoms with van der Waals surface area (Å²) in [5.41, 5.74) is 0.873. The molecule has 2 aliphatic rings. The SMILES string of the molecule is O=C1CCC2(C1)OC(=O)c1ccccc12. The summed E-state index contributed by atoms with van der Waals surface area (Å²) in [6, 6.07) is 7.34. The Morgan fingerprint density at radius 3 is 2.73 bits per heavy atom. The van der Waals surface area contributed by atoms with Crippen LogP contribution in [-0.4, -0.2) is 11.8 Å². The summed E-state index contributed by atoms with van der Waals surface area (Å²) >= 11 is 0. The van der Waals surface area contributed by atoms with Crippen LogP contribution in [0.4, 0.5) is 0 Å². The fourth-order valence-corrected chi connectivity index (χ4v) is 2.50. The number of fused-ring (bicyclic) bond motifs is 2. The van der Waals surface area contributed by atoms with Crippen molar-refractivity contribution in [3.05, 3.63) is 35.4 Å². The summed E-state index contributed by atoms with van der Waals surface area (Å²) in [7, 11) is 0. The molecule has 0 saturated heterocycles. The van der Waals surface area contributed by atoms with Gasteiger partial charge in [-0.05, 0) is 12.5 Å². The van der Waals surface area contributed by atoms with Crippen LogP contribution in [0, 0.1) is 0 Å². The maximum atomic E-state index is 11.6. The van der Waals surface area contributed by atoms with Gasteiger partial charge in [-0.2, -0.15) is 0 Å². The molecule has 1 saturated carbocycles. The zero-order valence-electron chi connectivity index (χ0n) is 8.16. The number of carbonyl (C=O) groups excluding carboxylic acids is 2. The first-order chi connectivity index (χ1) is 7.21. The smallest absolute Gasteiger partial charge is 0.339 e. The Hall–Kier alpha value is -1.64. The summed E-state index contributed by atoms with van der Waals surface area (Å²) in [5, 5.41) is 0. The Balaban J connectivity index is 2.16. The number of ketones is 1. The quantitative estimate of drug-likeness (QED) is 0.602. The van der Waals surface area contributed by atoms with Crippen molar-refractivity contribution < 1.29 is 14.3 Å². The second-order valence-electron chi connectivity index (χ2n) is 4.14. The summed E-state index contributed by atoms with van der Waals surface area (Å²) in [4.78, 5) is 22.9. The van der Waals surface area contributed by atoms with Crippen molar-refractivity contribution in [1.29, 1.82) is 0 Å². The van der Waals surface area contributed by atoms with Crippen LogP contribution < -0.4 is 0 Å². The minimum atomic E-state index is -0.634. The van der Waals surface area contributed by atoms with Gasteiger partial charge in [-0.1, -0.05) is 18.2 Å². The highest BCUT2D eigenvalue weighted by molar-refractivity contribution is 5.96. The minimum absolute atomic E-state index is 0.180. The zero-order chi connectivity index (χ0) is 10.5. The fourth-order valence-electron chi connectivity index (χ4n) is 2.50. The van der Waals surface area contributed by atoms with Crippen molar-refractivity contribution >= 4 is 11.8 Å². The van der Waals surface area contributed by atoms with E-state index < -0.39 is 5.60 Å². The average Bonchev–Trinajstić information content (AvgIpc) is 2.72. The van der Waals surface area contributed by atoms with Gasteiger partial charge in [0.2, 0.25) is 0 Å². The predicted molar refractivity (Wildman–Crippen MR) is 52.4 cm³/mol. The van der Waals surface area contributed by atoms with E-state index in [-0.39, 0.29) is 11.8 Å². The van der Waals surface area contributed by atoms with Crippen LogP contribution in [0.3, 0.4) is 0 Å². The van der Waals surface area contributed by atoms with Crippen molar-refractivity contribution in [3.8, 4) is 0 Å². The molecule has 15 heavy (non-hydrogen) atoms. The highest BCUT2D eigenvalue weighted by Gasteiger charge is 2.49. The topological polar surface area (TPSA) is 43.4 Å². The lowest BCUT2D eigenvalue weighted by Gasteiger charge is -2.21. The average molecular weight is 202 g/mol. The molecule has 0 bridgehead atoms. The van der Waals surface area contributed by atoms with Gasteiger partial charge in [0.05, 0.1) is 12.0 Å². The molecule has 1 unspecified atom stereocenters. The van der Waals surface area contributed by atoms with Crippen molar-refractivity contribution in [2.24, 2.45) is 0 Å². The van der Waals surface area contributed by atoms with Gasteiger partial charge >= 0.3 is 5.97 Å². The Kier molecular flexibility index (Phi) is 1.55. The van der Waals surface area contributed by atoms with Gasteiger partial charge in [-0.15, -0.1) is 0 Å². The van der Waals surface area contributed by atoms with E-state index in [0.717, 1.165) is 5.56 Å². The molecule has 1 aliphatic carbocycles. The standard InChI is InChI=1S/C12H10O3/c13-8-5-6-12(7-8)10-4-2-1-3-9(10)11(14)15-12/h1-4H,5-7H2. The van der Waals surface area contributed by atoms with Gasteiger partial charge in [0.1, 0.15) is 11.4 Å². The van der Waals surface area contributed by atoms with Crippen molar-refractivity contribution in [2.75, 3.05) is 0 Å². The number of esters is 1. The molecule has 3 nitrogen and oxygen atoms in total. The van der Waals surface area contributed by atoms with Crippen LogP contribution in [0.2, 0.25) is 0 Å². The van der Waals surface area contributed by atoms with Crippen molar-refractivity contribution in [1.82, 2.24) is 0 Å². The largest absolute Gasteiger partial charge is 0.450 e. The first-order valence-corrected chi connectivity index (χ1v) is 5.06. The molecule has 1 aliphatic heterocycles. The van der Waals surface area contributed by atoms with E-state index in [1.54, 1.807) is 6.07 Å². The predicted octanol–water partition coefficient (Wildman–Crippen LogP) is 1.81. The second kappa shape index (κ2) is 2.69. The molecule has 1 spiro atoms. The van der Waals surface area contributed by atoms with Crippen LogP contribution >= 0.6 is 0 Å². The summed E-state index contributed by atoms with van der Waals surface area (Å²) < 4.78 is 5.39. The number of benzene rings is 1. The summed E-state index contributed by atoms with van der Waals surface area (Å²) in [5.74, 6) is -0.111. The highest BCUT2D eigenvalue weighted by atomic mass is 16.6. The van der Waals surface area contributed by atoms with E-state index in [4.69, 9.17) is 4.74 Å². The zero-order valence-corrected chi connectivity index (χ0v) is 8.16. The van der Waals surface area contributed by atoms with Gasteiger partial charge in [0, 0.05) is 12.0 Å². The van der Waals surface area contributed by atoms with Gasteiger partial charge in [-0.25, -0.2) is 4.79 Å². The van der Waals surface area contributed by atoms with E-state index in [2.05, 4.69) is 0 Å². The number of hydrogen-bond acceptors (Lipinski definition) is 3. The lowest BCUT2D eigenvalue weighted by atomic mass is 9.91. The Labute approximate surface area is 87.0 Å². The van der Waals surface area contributed by atoms with Crippen LogP contribution in [0.1, 0.15) is 35.2 Å². The number of hydrogen-bond donors (Lipinski definition) is 0. The molecular formula is C12H10O3. The van der Waals surface area contributed by atoms with Gasteiger partial charge < -0.3 is 4.74 Å². The Morgan fingerprint density at radius 1 is 1.20 bits per heavy atom. The monoisotopic (exact) mass is 202 g/mol. The third-order valence-corrected chi connectivity index (χ3v) is 3.22. The van der Waals surface area contributed by atoms with Crippen LogP contribution in [-0.2, 0) is 15.1 Å². The van der Waals surface area contributed by atoms with Crippen molar-refractivity contribution in [3.63, 3.8) is 0 Å². The molecule has 0 N–H and O–H groups in total. The normalized spacial score (nSPS) is 28.3. The lowest BCUT2D eigenvalue weighted by Crippen LogP contribution is -2.22. The number of rotatable bonds is 0. The molecule has 0 aromatic heterocycles. The molecule has 76 valence electrons. The molecule has 3 rings (SSSR count). The molecule has 0 radical (unpaired) electrons. The van der Waals surface area contributed by atoms with E-state index >= 15 is 0 Å². The second-order valence-corrected chi connectivity index (χ2v) is 4.14. The number of Topliss-reactive ketones (excluding diaryl/α,β-unsaturated/α-hetero) is 1. The maximum absolute atomic E-state index is 11.6. The lowest BCUT2D eigenvalue weighted by molar-refractivity contribution is -0.118. The van der Waals surface area contributed by atoms with E-state index in [9.17, 15) is 9.59 Å². The molecular weight excluding hydrogens is 192 g/mol.